The molecule has 0 unspecified atom stereocenters. The third-order valence-electron chi connectivity index (χ3n) is 5.06. The number of carbonyl (C=O) groups is 1. The van der Waals surface area contributed by atoms with E-state index in [0.29, 0.717) is 5.92 Å². The number of rotatable bonds is 3. The van der Waals surface area contributed by atoms with Gasteiger partial charge < -0.3 is 9.64 Å². The van der Waals surface area contributed by atoms with Gasteiger partial charge in [0.2, 0.25) is 0 Å². The molecule has 0 radical (unpaired) electrons. The normalized spacial score (nSPS) is 15.6. The summed E-state index contributed by atoms with van der Waals surface area (Å²) < 4.78 is 5.50. The molecule has 1 amide bonds. The highest BCUT2D eigenvalue weighted by Crippen LogP contribution is 2.29. The van der Waals surface area contributed by atoms with Crippen LogP contribution in [-0.2, 0) is 11.2 Å². The molecule has 3 rings (SSSR count). The minimum atomic E-state index is -0.437. The Morgan fingerprint density at radius 1 is 1.15 bits per heavy atom. The fraction of sp³-hybridized carbons (Fsp3) is 0.478. The Bertz CT molecular complexity index is 787. The minimum Gasteiger partial charge on any atom is -0.444 e. The van der Waals surface area contributed by atoms with Gasteiger partial charge in [-0.3, -0.25) is 4.98 Å². The van der Waals surface area contributed by atoms with E-state index in [9.17, 15) is 4.79 Å². The van der Waals surface area contributed by atoms with E-state index in [0.717, 1.165) is 38.0 Å². The summed E-state index contributed by atoms with van der Waals surface area (Å²) in [6, 6.07) is 12.7. The molecular weight excluding hydrogens is 336 g/mol. The molecule has 0 N–H and O–H groups in total. The lowest BCUT2D eigenvalue weighted by atomic mass is 9.87. The van der Waals surface area contributed by atoms with Crippen molar-refractivity contribution in [1.29, 1.82) is 0 Å². The van der Waals surface area contributed by atoms with Crippen molar-refractivity contribution in [2.24, 2.45) is 5.92 Å². The van der Waals surface area contributed by atoms with Gasteiger partial charge in [-0.2, -0.15) is 0 Å². The zero-order valence-corrected chi connectivity index (χ0v) is 16.9. The SMILES string of the molecule is Cc1cccnc1-c1ccccc1CC1CCN(C(=O)OC(C)(C)C)CC1. The van der Waals surface area contributed by atoms with Crippen LogP contribution in [0.15, 0.2) is 42.6 Å². The molecule has 144 valence electrons. The minimum absolute atomic E-state index is 0.189. The van der Waals surface area contributed by atoms with Crippen molar-refractivity contribution in [3.05, 3.63) is 53.7 Å². The highest BCUT2D eigenvalue weighted by Gasteiger charge is 2.27. The van der Waals surface area contributed by atoms with Crippen LogP contribution in [0.25, 0.3) is 11.3 Å². The molecule has 27 heavy (non-hydrogen) atoms. The van der Waals surface area contributed by atoms with Crippen LogP contribution in [0.3, 0.4) is 0 Å². The smallest absolute Gasteiger partial charge is 0.410 e. The quantitative estimate of drug-likeness (QED) is 0.745. The van der Waals surface area contributed by atoms with Gasteiger partial charge in [0.15, 0.2) is 0 Å². The Morgan fingerprint density at radius 2 is 1.85 bits per heavy atom. The number of nitrogens with zero attached hydrogens (tertiary/aromatic N) is 2. The second-order valence-corrected chi connectivity index (χ2v) is 8.44. The van der Waals surface area contributed by atoms with E-state index >= 15 is 0 Å². The summed E-state index contributed by atoms with van der Waals surface area (Å²) in [5.41, 5.74) is 4.40. The summed E-state index contributed by atoms with van der Waals surface area (Å²) in [6.07, 6.45) is 4.71. The van der Waals surface area contributed by atoms with E-state index in [1.54, 1.807) is 0 Å². The molecule has 1 saturated heterocycles. The van der Waals surface area contributed by atoms with Gasteiger partial charge >= 0.3 is 6.09 Å². The summed E-state index contributed by atoms with van der Waals surface area (Å²) in [6.45, 7) is 9.38. The van der Waals surface area contributed by atoms with Crippen molar-refractivity contribution >= 4 is 6.09 Å². The van der Waals surface area contributed by atoms with Gasteiger partial charge in [-0.05, 0) is 70.1 Å². The molecule has 1 aromatic carbocycles. The molecule has 0 saturated carbocycles. The molecule has 0 atom stereocenters. The Labute approximate surface area is 162 Å². The molecule has 4 heteroatoms. The lowest BCUT2D eigenvalue weighted by molar-refractivity contribution is 0.0184. The van der Waals surface area contributed by atoms with Crippen molar-refractivity contribution in [3.8, 4) is 11.3 Å². The van der Waals surface area contributed by atoms with Crippen molar-refractivity contribution in [2.45, 2.75) is 52.6 Å². The predicted octanol–water partition coefficient (Wildman–Crippen LogP) is 5.25. The monoisotopic (exact) mass is 366 g/mol. The lowest BCUT2D eigenvalue weighted by Crippen LogP contribution is -2.42. The van der Waals surface area contributed by atoms with Crippen LogP contribution in [0.2, 0.25) is 0 Å². The number of aromatic nitrogens is 1. The lowest BCUT2D eigenvalue weighted by Gasteiger charge is -2.33. The molecular formula is C23H30N2O2. The van der Waals surface area contributed by atoms with E-state index in [4.69, 9.17) is 4.74 Å². The molecule has 1 fully saturated rings. The second-order valence-electron chi connectivity index (χ2n) is 8.44. The number of likely N-dealkylation sites (tertiary alicyclic amines) is 1. The first-order valence-corrected chi connectivity index (χ1v) is 9.81. The van der Waals surface area contributed by atoms with Crippen LogP contribution in [0.4, 0.5) is 4.79 Å². The highest BCUT2D eigenvalue weighted by atomic mass is 16.6. The van der Waals surface area contributed by atoms with Gasteiger partial charge in [-0.25, -0.2) is 4.79 Å². The Balaban J connectivity index is 1.65. The van der Waals surface area contributed by atoms with Gasteiger partial charge in [0.05, 0.1) is 5.69 Å². The summed E-state index contributed by atoms with van der Waals surface area (Å²) in [4.78, 5) is 18.7. The number of amides is 1. The Kier molecular flexibility index (Phi) is 5.83. The number of pyridine rings is 1. The average Bonchev–Trinajstić information content (AvgIpc) is 2.62. The molecule has 1 aliphatic heterocycles. The summed E-state index contributed by atoms with van der Waals surface area (Å²) in [7, 11) is 0. The first kappa shape index (κ1) is 19.4. The first-order valence-electron chi connectivity index (χ1n) is 9.81. The number of carbonyl (C=O) groups excluding carboxylic acids is 1. The number of hydrogen-bond donors (Lipinski definition) is 0. The molecule has 2 aromatic rings. The van der Waals surface area contributed by atoms with Crippen LogP contribution in [0.5, 0.6) is 0 Å². The summed E-state index contributed by atoms with van der Waals surface area (Å²) in [5, 5.41) is 0. The molecule has 0 spiro atoms. The topological polar surface area (TPSA) is 42.4 Å². The largest absolute Gasteiger partial charge is 0.444 e. The molecule has 2 heterocycles. The molecule has 0 aliphatic carbocycles. The number of piperidine rings is 1. The maximum absolute atomic E-state index is 12.3. The number of benzene rings is 1. The van der Waals surface area contributed by atoms with E-state index in [1.165, 1.54) is 16.7 Å². The number of aryl methyl sites for hydroxylation is 1. The van der Waals surface area contributed by atoms with Gasteiger partial charge in [-0.1, -0.05) is 30.3 Å². The highest BCUT2D eigenvalue weighted by molar-refractivity contribution is 5.68. The van der Waals surface area contributed by atoms with Crippen LogP contribution in [-0.4, -0.2) is 34.7 Å². The van der Waals surface area contributed by atoms with E-state index in [1.807, 2.05) is 37.9 Å². The van der Waals surface area contributed by atoms with Crippen LogP contribution < -0.4 is 0 Å². The number of hydrogen-bond acceptors (Lipinski definition) is 3. The van der Waals surface area contributed by atoms with E-state index in [2.05, 4.69) is 42.2 Å². The van der Waals surface area contributed by atoms with Crippen molar-refractivity contribution < 1.29 is 9.53 Å². The molecule has 4 nitrogen and oxygen atoms in total. The maximum Gasteiger partial charge on any atom is 0.410 e. The van der Waals surface area contributed by atoms with E-state index < -0.39 is 5.60 Å². The molecule has 1 aromatic heterocycles. The average molecular weight is 367 g/mol. The fourth-order valence-corrected chi connectivity index (χ4v) is 3.65. The predicted molar refractivity (Wildman–Crippen MR) is 109 cm³/mol. The van der Waals surface area contributed by atoms with E-state index in [-0.39, 0.29) is 6.09 Å². The van der Waals surface area contributed by atoms with Crippen LogP contribution in [0, 0.1) is 12.8 Å². The maximum atomic E-state index is 12.3. The van der Waals surface area contributed by atoms with Gasteiger partial charge in [0, 0.05) is 24.8 Å². The third kappa shape index (κ3) is 5.09. The Morgan fingerprint density at radius 3 is 2.52 bits per heavy atom. The second kappa shape index (κ2) is 8.12. The van der Waals surface area contributed by atoms with Crippen molar-refractivity contribution in [2.75, 3.05) is 13.1 Å². The number of ether oxygens (including phenoxy) is 1. The van der Waals surface area contributed by atoms with Crippen LogP contribution in [0.1, 0.15) is 44.7 Å². The van der Waals surface area contributed by atoms with Gasteiger partial charge in [0.1, 0.15) is 5.60 Å². The fourth-order valence-electron chi connectivity index (χ4n) is 3.65. The first-order chi connectivity index (χ1) is 12.8. The summed E-state index contributed by atoms with van der Waals surface area (Å²) >= 11 is 0. The van der Waals surface area contributed by atoms with Crippen molar-refractivity contribution in [1.82, 2.24) is 9.88 Å². The van der Waals surface area contributed by atoms with Crippen molar-refractivity contribution in [3.63, 3.8) is 0 Å². The van der Waals surface area contributed by atoms with Gasteiger partial charge in [-0.15, -0.1) is 0 Å². The van der Waals surface area contributed by atoms with Gasteiger partial charge in [0.25, 0.3) is 0 Å². The zero-order valence-electron chi connectivity index (χ0n) is 16.9. The zero-order chi connectivity index (χ0) is 19.4. The van der Waals surface area contributed by atoms with Crippen LogP contribution >= 0.6 is 0 Å². The summed E-state index contributed by atoms with van der Waals surface area (Å²) in [5.74, 6) is 0.578. The molecule has 0 bridgehead atoms. The third-order valence-corrected chi connectivity index (χ3v) is 5.06. The Hall–Kier alpha value is -2.36. The molecule has 1 aliphatic rings. The standard InChI is InChI=1S/C23H30N2O2/c1-17-8-7-13-24-21(17)20-10-6-5-9-19(20)16-18-11-14-25(15-12-18)22(26)27-23(2,3)4/h5-10,13,18H,11-12,14-16H2,1-4H3.